The minimum absolute atomic E-state index is 0.0430. The Kier molecular flexibility index (Phi) is 6.53. The monoisotopic (exact) mass is 272 g/mol. The second-order valence-corrected chi connectivity index (χ2v) is 4.74. The summed E-state index contributed by atoms with van der Waals surface area (Å²) in [5.41, 5.74) is 0. The van der Waals surface area contributed by atoms with Crippen LogP contribution in [0.2, 0.25) is 0 Å². The van der Waals surface area contributed by atoms with Crippen molar-refractivity contribution in [2.24, 2.45) is 5.92 Å². The Balaban J connectivity index is 2.71. The topological polar surface area (TPSA) is 34.2 Å². The number of rotatable bonds is 8. The molecule has 0 aliphatic rings. The lowest BCUT2D eigenvalue weighted by Crippen LogP contribution is -2.12. The van der Waals surface area contributed by atoms with E-state index in [0.717, 1.165) is 25.3 Å². The molecule has 1 heterocycles. The molecule has 5 heteroatoms. The van der Waals surface area contributed by atoms with Crippen molar-refractivity contribution in [1.29, 1.82) is 0 Å². The second kappa shape index (κ2) is 7.92. The van der Waals surface area contributed by atoms with Crippen LogP contribution in [0.25, 0.3) is 0 Å². The van der Waals surface area contributed by atoms with Crippen molar-refractivity contribution < 1.29 is 13.5 Å². The van der Waals surface area contributed by atoms with E-state index >= 15 is 0 Å². The molecular weight excluding hydrogens is 250 g/mol. The Morgan fingerprint density at radius 2 is 2.00 bits per heavy atom. The first kappa shape index (κ1) is 15.7. The van der Waals surface area contributed by atoms with E-state index in [2.05, 4.69) is 17.2 Å². The van der Waals surface area contributed by atoms with Gasteiger partial charge in [-0.05, 0) is 18.8 Å². The SMILES string of the molecule is CCCNc1nc(OCC(C)CCC)c(F)cc1F. The Hall–Kier alpha value is -1.39. The first-order valence-electron chi connectivity index (χ1n) is 6.81. The van der Waals surface area contributed by atoms with Gasteiger partial charge in [-0.15, -0.1) is 0 Å². The molecule has 1 aromatic rings. The summed E-state index contributed by atoms with van der Waals surface area (Å²) in [7, 11) is 0. The van der Waals surface area contributed by atoms with Crippen molar-refractivity contribution in [2.75, 3.05) is 18.5 Å². The number of nitrogens with zero attached hydrogens (tertiary/aromatic N) is 1. The Morgan fingerprint density at radius 3 is 2.63 bits per heavy atom. The summed E-state index contributed by atoms with van der Waals surface area (Å²) >= 11 is 0. The number of hydrogen-bond acceptors (Lipinski definition) is 3. The Morgan fingerprint density at radius 1 is 1.26 bits per heavy atom. The molecule has 0 saturated carbocycles. The van der Waals surface area contributed by atoms with Gasteiger partial charge in [0.2, 0.25) is 0 Å². The average molecular weight is 272 g/mol. The number of hydrogen-bond donors (Lipinski definition) is 1. The molecule has 1 unspecified atom stereocenters. The van der Waals surface area contributed by atoms with Crippen LogP contribution in [0.1, 0.15) is 40.0 Å². The molecule has 1 aromatic heterocycles. The van der Waals surface area contributed by atoms with E-state index in [9.17, 15) is 8.78 Å². The maximum absolute atomic E-state index is 13.5. The predicted octanol–water partition coefficient (Wildman–Crippen LogP) is 4.00. The maximum Gasteiger partial charge on any atom is 0.252 e. The zero-order valence-electron chi connectivity index (χ0n) is 11.8. The Bertz CT molecular complexity index is 399. The molecule has 0 radical (unpaired) electrons. The van der Waals surface area contributed by atoms with Gasteiger partial charge in [0, 0.05) is 12.6 Å². The van der Waals surface area contributed by atoms with E-state index in [0.29, 0.717) is 19.1 Å². The van der Waals surface area contributed by atoms with Gasteiger partial charge in [0.15, 0.2) is 17.5 Å². The fraction of sp³-hybridized carbons (Fsp3) is 0.643. The first-order chi connectivity index (χ1) is 9.08. The van der Waals surface area contributed by atoms with Crippen LogP contribution in [-0.4, -0.2) is 18.1 Å². The highest BCUT2D eigenvalue weighted by Gasteiger charge is 2.13. The predicted molar refractivity (Wildman–Crippen MR) is 72.5 cm³/mol. The van der Waals surface area contributed by atoms with E-state index in [-0.39, 0.29) is 11.7 Å². The van der Waals surface area contributed by atoms with Crippen LogP contribution in [0.3, 0.4) is 0 Å². The van der Waals surface area contributed by atoms with Crippen LogP contribution in [-0.2, 0) is 0 Å². The van der Waals surface area contributed by atoms with E-state index in [1.165, 1.54) is 0 Å². The normalized spacial score (nSPS) is 12.3. The first-order valence-corrected chi connectivity index (χ1v) is 6.81. The highest BCUT2D eigenvalue weighted by atomic mass is 19.1. The molecule has 3 nitrogen and oxygen atoms in total. The number of aromatic nitrogens is 1. The lowest BCUT2D eigenvalue weighted by Gasteiger charge is -2.13. The molecule has 0 fully saturated rings. The minimum atomic E-state index is -0.761. The summed E-state index contributed by atoms with van der Waals surface area (Å²) in [6.45, 7) is 7.04. The lowest BCUT2D eigenvalue weighted by atomic mass is 10.1. The molecule has 0 bridgehead atoms. The van der Waals surface area contributed by atoms with Crippen molar-refractivity contribution in [3.63, 3.8) is 0 Å². The van der Waals surface area contributed by atoms with Gasteiger partial charge in [-0.3, -0.25) is 0 Å². The van der Waals surface area contributed by atoms with Crippen molar-refractivity contribution >= 4 is 5.82 Å². The number of halogens is 2. The molecule has 19 heavy (non-hydrogen) atoms. The smallest absolute Gasteiger partial charge is 0.252 e. The van der Waals surface area contributed by atoms with E-state index in [1.54, 1.807) is 0 Å². The molecule has 0 saturated heterocycles. The highest BCUT2D eigenvalue weighted by molar-refractivity contribution is 5.39. The van der Waals surface area contributed by atoms with Crippen molar-refractivity contribution in [2.45, 2.75) is 40.0 Å². The van der Waals surface area contributed by atoms with Crippen LogP contribution in [0.4, 0.5) is 14.6 Å². The number of nitrogens with one attached hydrogen (secondary N) is 1. The van der Waals surface area contributed by atoms with Crippen LogP contribution in [0.5, 0.6) is 5.88 Å². The van der Waals surface area contributed by atoms with Crippen molar-refractivity contribution in [3.8, 4) is 5.88 Å². The lowest BCUT2D eigenvalue weighted by molar-refractivity contribution is 0.232. The third-order valence-corrected chi connectivity index (χ3v) is 2.73. The fourth-order valence-electron chi connectivity index (χ4n) is 1.72. The van der Waals surface area contributed by atoms with E-state index in [4.69, 9.17) is 4.74 Å². The quantitative estimate of drug-likeness (QED) is 0.776. The average Bonchev–Trinajstić information content (AvgIpc) is 2.37. The Labute approximate surface area is 113 Å². The summed E-state index contributed by atoms with van der Waals surface area (Å²) < 4.78 is 32.3. The molecule has 108 valence electrons. The molecule has 0 spiro atoms. The zero-order valence-corrected chi connectivity index (χ0v) is 11.8. The minimum Gasteiger partial charge on any atom is -0.475 e. The molecule has 1 rings (SSSR count). The summed E-state index contributed by atoms with van der Waals surface area (Å²) in [4.78, 5) is 3.86. The fourth-order valence-corrected chi connectivity index (χ4v) is 1.72. The maximum atomic E-state index is 13.5. The van der Waals surface area contributed by atoms with Gasteiger partial charge < -0.3 is 10.1 Å². The van der Waals surface area contributed by atoms with Crippen molar-refractivity contribution in [1.82, 2.24) is 4.98 Å². The van der Waals surface area contributed by atoms with Crippen LogP contribution < -0.4 is 10.1 Å². The van der Waals surface area contributed by atoms with Crippen molar-refractivity contribution in [3.05, 3.63) is 17.7 Å². The third kappa shape index (κ3) is 5.01. The van der Waals surface area contributed by atoms with Gasteiger partial charge in [-0.25, -0.2) is 8.78 Å². The van der Waals surface area contributed by atoms with Gasteiger partial charge in [0.05, 0.1) is 6.61 Å². The number of anilines is 1. The van der Waals surface area contributed by atoms with E-state index < -0.39 is 11.6 Å². The molecule has 0 amide bonds. The van der Waals surface area contributed by atoms with Crippen LogP contribution >= 0.6 is 0 Å². The van der Waals surface area contributed by atoms with Gasteiger partial charge in [-0.2, -0.15) is 4.98 Å². The summed E-state index contributed by atoms with van der Waals surface area (Å²) in [5, 5.41) is 2.81. The summed E-state index contributed by atoms with van der Waals surface area (Å²) in [6, 6.07) is 0.810. The molecule has 0 aromatic carbocycles. The molecule has 1 atom stereocenters. The number of pyridine rings is 1. The van der Waals surface area contributed by atoms with Gasteiger partial charge >= 0.3 is 0 Å². The summed E-state index contributed by atoms with van der Waals surface area (Å²) in [6.07, 6.45) is 2.89. The largest absolute Gasteiger partial charge is 0.475 e. The van der Waals surface area contributed by atoms with E-state index in [1.807, 2.05) is 13.8 Å². The van der Waals surface area contributed by atoms with Gasteiger partial charge in [0.1, 0.15) is 0 Å². The standard InChI is InChI=1S/C14H22F2N2O/c1-4-6-10(3)9-19-14-12(16)8-11(15)13(18-14)17-7-5-2/h8,10H,4-7,9H2,1-3H3,(H,17,18). The van der Waals surface area contributed by atoms with Gasteiger partial charge in [0.25, 0.3) is 5.88 Å². The molecule has 0 aliphatic carbocycles. The second-order valence-electron chi connectivity index (χ2n) is 4.74. The molecular formula is C14H22F2N2O. The zero-order chi connectivity index (χ0) is 14.3. The third-order valence-electron chi connectivity index (χ3n) is 2.73. The summed E-state index contributed by atoms with van der Waals surface area (Å²) in [5.74, 6) is -1.23. The highest BCUT2D eigenvalue weighted by Crippen LogP contribution is 2.21. The van der Waals surface area contributed by atoms with Crippen LogP contribution in [0.15, 0.2) is 6.07 Å². The molecule has 1 N–H and O–H groups in total. The number of ether oxygens (including phenoxy) is 1. The molecule has 0 aliphatic heterocycles. The van der Waals surface area contributed by atoms with Crippen LogP contribution in [0, 0.1) is 17.6 Å². The van der Waals surface area contributed by atoms with Gasteiger partial charge in [-0.1, -0.05) is 27.2 Å².